The molecule has 0 N–H and O–H groups in total. The van der Waals surface area contributed by atoms with Crippen LogP contribution in [0.1, 0.15) is 27.7 Å². The molecule has 1 aromatic heterocycles. The van der Waals surface area contributed by atoms with Crippen LogP contribution in [0.15, 0.2) is 22.8 Å². The number of halogens is 1. The van der Waals surface area contributed by atoms with E-state index in [-0.39, 0.29) is 18.3 Å². The molecule has 1 saturated heterocycles. The second-order valence-electron chi connectivity index (χ2n) is 4.99. The second kappa shape index (κ2) is 3.82. The summed E-state index contributed by atoms with van der Waals surface area (Å²) in [5.41, 5.74) is 0.181. The van der Waals surface area contributed by atoms with Crippen molar-refractivity contribution >= 4 is 28.6 Å². The van der Waals surface area contributed by atoms with E-state index in [1.165, 1.54) is 0 Å². The molecule has 3 nitrogen and oxygen atoms in total. The Balaban J connectivity index is 2.23. The van der Waals surface area contributed by atoms with E-state index in [0.29, 0.717) is 0 Å². The van der Waals surface area contributed by atoms with Gasteiger partial charge in [-0.15, -0.1) is 0 Å². The first-order chi connectivity index (χ1) is 7.32. The van der Waals surface area contributed by atoms with Crippen LogP contribution in [0.2, 0.25) is 0 Å². The maximum Gasteiger partial charge on any atom is 0.514 e. The molecule has 0 unspecified atom stereocenters. The lowest BCUT2D eigenvalue weighted by Gasteiger charge is -2.32. The average Bonchev–Trinajstić information content (AvgIpc) is 2.37. The third-order valence-electron chi connectivity index (χ3n) is 3.25. The zero-order valence-electron chi connectivity index (χ0n) is 9.95. The van der Waals surface area contributed by atoms with Gasteiger partial charge in [0.05, 0.1) is 16.8 Å². The van der Waals surface area contributed by atoms with E-state index in [1.54, 1.807) is 6.20 Å². The normalized spacial score (nSPS) is 22.4. The number of pyridine rings is 1. The highest BCUT2D eigenvalue weighted by atomic mass is 79.9. The van der Waals surface area contributed by atoms with Gasteiger partial charge in [0.2, 0.25) is 0 Å². The Morgan fingerprint density at radius 1 is 1.12 bits per heavy atom. The molecule has 0 atom stereocenters. The highest BCUT2D eigenvalue weighted by molar-refractivity contribution is 9.10. The van der Waals surface area contributed by atoms with Crippen molar-refractivity contribution in [2.45, 2.75) is 38.9 Å². The summed E-state index contributed by atoms with van der Waals surface area (Å²) >= 11 is 3.35. The topological polar surface area (TPSA) is 31.4 Å². The first-order valence-corrected chi connectivity index (χ1v) is 6.08. The first kappa shape index (κ1) is 12.1. The Labute approximate surface area is 105 Å². The summed E-state index contributed by atoms with van der Waals surface area (Å²) in [5.74, 6) is 0. The molecule has 86 valence electrons. The smallest absolute Gasteiger partial charge is 0.398 e. The van der Waals surface area contributed by atoms with Crippen molar-refractivity contribution < 1.29 is 9.31 Å². The Hall–Kier alpha value is -0.385. The Kier molecular flexibility index (Phi) is 2.89. The zero-order valence-corrected chi connectivity index (χ0v) is 11.5. The molecule has 0 spiro atoms. The van der Waals surface area contributed by atoms with Crippen molar-refractivity contribution in [3.63, 3.8) is 0 Å². The number of hydrogen-bond donors (Lipinski definition) is 0. The van der Waals surface area contributed by atoms with E-state index in [2.05, 4.69) is 20.9 Å². The van der Waals surface area contributed by atoms with E-state index >= 15 is 0 Å². The van der Waals surface area contributed by atoms with E-state index in [1.807, 2.05) is 39.8 Å². The van der Waals surface area contributed by atoms with Gasteiger partial charge in [-0.2, -0.15) is 0 Å². The quantitative estimate of drug-likeness (QED) is 0.740. The van der Waals surface area contributed by atoms with Gasteiger partial charge in [-0.1, -0.05) is 0 Å². The van der Waals surface area contributed by atoms with Gasteiger partial charge in [0.15, 0.2) is 0 Å². The summed E-state index contributed by atoms with van der Waals surface area (Å²) < 4.78 is 12.7. The second-order valence-corrected chi connectivity index (χ2v) is 5.91. The fourth-order valence-electron chi connectivity index (χ4n) is 1.49. The van der Waals surface area contributed by atoms with Crippen LogP contribution in [0.25, 0.3) is 0 Å². The molecule has 1 aromatic rings. The maximum absolute atomic E-state index is 5.89. The highest BCUT2D eigenvalue weighted by Crippen LogP contribution is 2.36. The molecular formula is C11H15BBrNO2. The van der Waals surface area contributed by atoms with Crippen LogP contribution in [0, 0.1) is 0 Å². The highest BCUT2D eigenvalue weighted by Gasteiger charge is 2.52. The largest absolute Gasteiger partial charge is 0.514 e. The molecule has 2 heterocycles. The fraction of sp³-hybridized carbons (Fsp3) is 0.545. The fourth-order valence-corrected chi connectivity index (χ4v) is 1.73. The molecule has 0 saturated carbocycles. The standard InChI is InChI=1S/C11H15BBrNO2/c1-10(2)11(3,4)16-12(15-10)9-6-5-8(13)7-14-9/h5-7H,1-4H3. The van der Waals surface area contributed by atoms with Crippen molar-refractivity contribution in [2.24, 2.45) is 0 Å². The van der Waals surface area contributed by atoms with E-state index in [0.717, 1.165) is 10.1 Å². The number of hydrogen-bond acceptors (Lipinski definition) is 3. The Morgan fingerprint density at radius 2 is 1.69 bits per heavy atom. The minimum absolute atomic E-state index is 0.313. The maximum atomic E-state index is 5.89. The third kappa shape index (κ3) is 2.04. The average molecular weight is 284 g/mol. The number of rotatable bonds is 1. The molecule has 5 heteroatoms. The van der Waals surface area contributed by atoms with Gasteiger partial charge in [-0.25, -0.2) is 0 Å². The molecule has 0 amide bonds. The SMILES string of the molecule is CC1(C)OB(c2ccc(Br)cn2)OC1(C)C. The van der Waals surface area contributed by atoms with Crippen molar-refractivity contribution in [3.05, 3.63) is 22.8 Å². The molecular weight excluding hydrogens is 269 g/mol. The molecule has 1 aliphatic heterocycles. The minimum atomic E-state index is -0.377. The molecule has 2 rings (SSSR count). The Bertz CT molecular complexity index is 375. The van der Waals surface area contributed by atoms with Crippen LogP contribution < -0.4 is 5.59 Å². The summed E-state index contributed by atoms with van der Waals surface area (Å²) in [6.07, 6.45) is 1.75. The van der Waals surface area contributed by atoms with Gasteiger partial charge in [0, 0.05) is 10.7 Å². The van der Waals surface area contributed by atoms with Crippen molar-refractivity contribution in [2.75, 3.05) is 0 Å². The summed E-state index contributed by atoms with van der Waals surface area (Å²) in [4.78, 5) is 4.29. The van der Waals surface area contributed by atoms with Crippen LogP contribution in [-0.2, 0) is 9.31 Å². The number of aromatic nitrogens is 1. The first-order valence-electron chi connectivity index (χ1n) is 5.29. The molecule has 0 aliphatic carbocycles. The molecule has 0 radical (unpaired) electrons. The van der Waals surface area contributed by atoms with Gasteiger partial charge < -0.3 is 9.31 Å². The lowest BCUT2D eigenvalue weighted by Crippen LogP contribution is -2.41. The summed E-state index contributed by atoms with van der Waals surface area (Å²) in [6, 6.07) is 3.85. The molecule has 1 aliphatic rings. The van der Waals surface area contributed by atoms with Gasteiger partial charge in [0.25, 0.3) is 0 Å². The van der Waals surface area contributed by atoms with Crippen molar-refractivity contribution in [1.29, 1.82) is 0 Å². The molecule has 0 bridgehead atoms. The molecule has 1 fully saturated rings. The van der Waals surface area contributed by atoms with Crippen LogP contribution in [0.4, 0.5) is 0 Å². The molecule has 0 aromatic carbocycles. The lowest BCUT2D eigenvalue weighted by atomic mass is 9.84. The predicted octanol–water partition coefficient (Wildman–Crippen LogP) is 2.14. The van der Waals surface area contributed by atoms with Crippen molar-refractivity contribution in [1.82, 2.24) is 4.98 Å². The summed E-state index contributed by atoms with van der Waals surface area (Å²) in [7, 11) is -0.377. The summed E-state index contributed by atoms with van der Waals surface area (Å²) in [5, 5.41) is 0. The van der Waals surface area contributed by atoms with Crippen LogP contribution in [0.3, 0.4) is 0 Å². The van der Waals surface area contributed by atoms with Crippen LogP contribution in [-0.4, -0.2) is 23.3 Å². The molecule has 16 heavy (non-hydrogen) atoms. The van der Waals surface area contributed by atoms with Gasteiger partial charge >= 0.3 is 7.12 Å². The van der Waals surface area contributed by atoms with Gasteiger partial charge in [-0.05, 0) is 55.8 Å². The number of nitrogens with zero attached hydrogens (tertiary/aromatic N) is 1. The minimum Gasteiger partial charge on any atom is -0.398 e. The van der Waals surface area contributed by atoms with Gasteiger partial charge in [0.1, 0.15) is 0 Å². The monoisotopic (exact) mass is 283 g/mol. The zero-order chi connectivity index (χ0) is 12.0. The van der Waals surface area contributed by atoms with E-state index in [4.69, 9.17) is 9.31 Å². The predicted molar refractivity (Wildman–Crippen MR) is 67.7 cm³/mol. The Morgan fingerprint density at radius 3 is 2.12 bits per heavy atom. The van der Waals surface area contributed by atoms with Crippen LogP contribution >= 0.6 is 15.9 Å². The van der Waals surface area contributed by atoms with Crippen molar-refractivity contribution in [3.8, 4) is 0 Å². The summed E-state index contributed by atoms with van der Waals surface area (Å²) in [6.45, 7) is 8.13. The lowest BCUT2D eigenvalue weighted by molar-refractivity contribution is 0.00578. The third-order valence-corrected chi connectivity index (χ3v) is 3.71. The van der Waals surface area contributed by atoms with E-state index in [9.17, 15) is 0 Å². The van der Waals surface area contributed by atoms with E-state index < -0.39 is 0 Å². The van der Waals surface area contributed by atoms with Crippen LogP contribution in [0.5, 0.6) is 0 Å². The van der Waals surface area contributed by atoms with Gasteiger partial charge in [-0.3, -0.25) is 4.98 Å².